The quantitative estimate of drug-likeness (QED) is 0.0576. The van der Waals surface area contributed by atoms with Crippen molar-refractivity contribution in [3.63, 3.8) is 0 Å². The van der Waals surface area contributed by atoms with Crippen molar-refractivity contribution in [2.75, 3.05) is 13.2 Å². The number of rotatable bonds is 25. The van der Waals surface area contributed by atoms with Crippen LogP contribution < -0.4 is 10.6 Å². The van der Waals surface area contributed by atoms with E-state index in [-0.39, 0.29) is 56.4 Å². The Balaban J connectivity index is 1.57. The lowest BCUT2D eigenvalue weighted by Gasteiger charge is -2.48. The van der Waals surface area contributed by atoms with Gasteiger partial charge < -0.3 is 66.2 Å². The number of carbonyl (C=O) groups is 7. The van der Waals surface area contributed by atoms with Crippen molar-refractivity contribution in [3.8, 4) is 0 Å². The minimum absolute atomic E-state index is 0.0226. The Labute approximate surface area is 461 Å². The fourth-order valence-corrected chi connectivity index (χ4v) is 14.7. The summed E-state index contributed by atoms with van der Waals surface area (Å²) in [5.74, 6) is -11.7. The standard InChI is InChI=1S/C53H76N5O21P/c1-24(78-80(75,76)79-44-32(23-59)77-48(74)43(44)73)22-54-34(60)16-17-50(6)30(18-38(67)68)47-53(9)52(8,21-40(71)72)29(12-15-37(65)66)42(58-53)26(3)46-51(7,20-39(69)70)27(10-13-35(61)62)31(55-46)19-33-49(4,5)28(11-14-36(63)64)41(56-33)25(2)45(50)57-47/h19,24,27-30,32,43-44,47-48,55,59,73-74H,10-18,20-23H2,1-9H3,(H,54,60)(H,61,62)(H,63,64)(H,65,66)(H,67,68)(H,69,70)(H,71,72)(H,75,76)/b31-19-,41-25-,46-26-/t24-,27-,28-,29-,30+,32-,43-,44-,47?,48+,50-,51+,52+,53-/m1/s1. The van der Waals surface area contributed by atoms with Crippen molar-refractivity contribution < 1.29 is 103 Å². The number of hydrogen-bond acceptors (Lipinski definition) is 18. The van der Waals surface area contributed by atoms with E-state index < -0.39 is 176 Å². The zero-order chi connectivity index (χ0) is 60.0. The first-order valence-electron chi connectivity index (χ1n) is 26.6. The molecule has 0 aromatic carbocycles. The number of nitrogens with one attached hydrogen (secondary N) is 2. The summed E-state index contributed by atoms with van der Waals surface area (Å²) in [4.78, 5) is 118. The van der Waals surface area contributed by atoms with Crippen LogP contribution in [0.1, 0.15) is 133 Å². The summed E-state index contributed by atoms with van der Waals surface area (Å²) in [7, 11) is -5.06. The fourth-order valence-electron chi connectivity index (χ4n) is 13.5. The minimum Gasteiger partial charge on any atom is -0.481 e. The van der Waals surface area contributed by atoms with Crippen LogP contribution in [0.25, 0.3) is 0 Å². The Morgan fingerprint density at radius 1 is 0.787 bits per heavy atom. The number of carboxylic acids is 6. The van der Waals surface area contributed by atoms with E-state index in [1.807, 2.05) is 13.8 Å². The molecule has 444 valence electrons. The van der Waals surface area contributed by atoms with Gasteiger partial charge in [-0.2, -0.15) is 0 Å². The summed E-state index contributed by atoms with van der Waals surface area (Å²) in [6.45, 7) is 13.8. The first-order chi connectivity index (χ1) is 37.0. The number of phosphoric acid groups is 1. The summed E-state index contributed by atoms with van der Waals surface area (Å²) in [6, 6.07) is -1.26. The molecule has 2 saturated heterocycles. The number of aliphatic hydroxyl groups is 3. The molecule has 6 aliphatic heterocycles. The number of nitrogens with zero attached hydrogens (tertiary/aromatic N) is 3. The molecule has 15 atom stereocenters. The first kappa shape index (κ1) is 63.5. The summed E-state index contributed by atoms with van der Waals surface area (Å²) in [6.07, 6.45) is -9.99. The molecule has 0 aromatic rings. The maximum atomic E-state index is 14.0. The van der Waals surface area contributed by atoms with Gasteiger partial charge in [-0.15, -0.1) is 0 Å². The van der Waals surface area contributed by atoms with E-state index in [0.717, 1.165) is 0 Å². The molecule has 6 aliphatic rings. The molecular formula is C53H76N5O21P. The van der Waals surface area contributed by atoms with Crippen LogP contribution >= 0.6 is 7.82 Å². The smallest absolute Gasteiger partial charge is 0.472 e. The highest BCUT2D eigenvalue weighted by atomic mass is 31.2. The third-order valence-electron chi connectivity index (χ3n) is 18.0. The maximum absolute atomic E-state index is 14.0. The third-order valence-corrected chi connectivity index (χ3v) is 19.1. The number of ether oxygens (including phenoxy) is 1. The lowest BCUT2D eigenvalue weighted by Crippen LogP contribution is -2.55. The molecule has 0 aromatic heterocycles. The highest BCUT2D eigenvalue weighted by molar-refractivity contribution is 7.47. The molecule has 27 heteroatoms. The molecule has 12 N–H and O–H groups in total. The molecule has 0 radical (unpaired) electrons. The van der Waals surface area contributed by atoms with Crippen LogP contribution in [0.15, 0.2) is 49.3 Å². The van der Waals surface area contributed by atoms with Gasteiger partial charge in [0, 0.05) is 112 Å². The number of hydrogen-bond donors (Lipinski definition) is 12. The maximum Gasteiger partial charge on any atom is 0.472 e. The molecule has 1 amide bonds. The topological polar surface area (TPSA) is 428 Å². The van der Waals surface area contributed by atoms with E-state index in [4.69, 9.17) is 28.8 Å². The van der Waals surface area contributed by atoms with Crippen LogP contribution in [0.2, 0.25) is 0 Å². The molecule has 6 heterocycles. The molecule has 26 nitrogen and oxygen atoms in total. The number of aliphatic carboxylic acids is 6. The molecule has 2 unspecified atom stereocenters. The molecule has 2 fully saturated rings. The lowest BCUT2D eigenvalue weighted by atomic mass is 9.55. The van der Waals surface area contributed by atoms with E-state index in [2.05, 4.69) is 10.6 Å². The normalized spacial score (nSPS) is 36.9. The Kier molecular flexibility index (Phi) is 18.7. The van der Waals surface area contributed by atoms with Gasteiger partial charge in [-0.1, -0.05) is 34.6 Å². The zero-order valence-corrected chi connectivity index (χ0v) is 47.2. The van der Waals surface area contributed by atoms with Gasteiger partial charge >= 0.3 is 43.6 Å². The lowest BCUT2D eigenvalue weighted by molar-refractivity contribution is -0.143. The number of aliphatic hydroxyl groups excluding tert-OH is 3. The Bertz CT molecular complexity index is 2790. The Hall–Kier alpha value is -5.73. The van der Waals surface area contributed by atoms with E-state index >= 15 is 0 Å². The van der Waals surface area contributed by atoms with Crippen molar-refractivity contribution in [2.24, 2.45) is 60.3 Å². The van der Waals surface area contributed by atoms with E-state index in [1.54, 1.807) is 47.6 Å². The minimum atomic E-state index is -5.06. The highest BCUT2D eigenvalue weighted by Gasteiger charge is 2.66. The van der Waals surface area contributed by atoms with Crippen LogP contribution in [0.5, 0.6) is 0 Å². The van der Waals surface area contributed by atoms with Crippen molar-refractivity contribution in [1.82, 2.24) is 10.6 Å². The zero-order valence-electron chi connectivity index (χ0n) is 46.3. The number of fused-ring (bicyclic) bond motifs is 6. The van der Waals surface area contributed by atoms with Crippen LogP contribution in [0, 0.1) is 45.3 Å². The molecule has 0 saturated carbocycles. The van der Waals surface area contributed by atoms with Crippen LogP contribution in [-0.2, 0) is 51.9 Å². The average Bonchev–Trinajstić information content (AvgIpc) is 4.19. The van der Waals surface area contributed by atoms with Gasteiger partial charge in [0.25, 0.3) is 0 Å². The van der Waals surface area contributed by atoms with Crippen molar-refractivity contribution in [2.45, 2.75) is 175 Å². The molecule has 6 rings (SSSR count). The van der Waals surface area contributed by atoms with Gasteiger partial charge in [-0.3, -0.25) is 57.6 Å². The predicted octanol–water partition coefficient (Wildman–Crippen LogP) is 3.91. The molecule has 0 spiro atoms. The number of allylic oxidation sites excluding steroid dienone is 6. The Morgan fingerprint density at radius 2 is 1.36 bits per heavy atom. The molecular weight excluding hydrogens is 1070 g/mol. The second-order valence-corrected chi connectivity index (χ2v) is 24.9. The number of carboxylic acid groups (broad SMARTS) is 6. The number of carbonyl (C=O) groups excluding carboxylic acids is 1. The summed E-state index contributed by atoms with van der Waals surface area (Å²) in [5.41, 5.74) is -4.58. The SMILES string of the molecule is C/C1=C2N=C(/C=C3\N/C(=C(/C)C4=N[C@](C)(C5N=C1[C@](C)(CCC(=O)NC[C@@H](C)OP(=O)(O)O[C@H]1[C@@H](O)[C@@H](O)O[C@@H]1CO)[C@H]5CC(=O)O)[C@@](C)(CC(=O)O)[C@@H]4CCC(=O)O)[C@@](C)(CC(=O)O)[C@@H]3CCC(=O)O)C(C)(C)[C@@H]/2CCC(=O)O. The molecule has 0 aliphatic carbocycles. The van der Waals surface area contributed by atoms with Crippen LogP contribution in [-0.4, -0.2) is 165 Å². The highest BCUT2D eigenvalue weighted by Crippen LogP contribution is 2.62. The predicted molar refractivity (Wildman–Crippen MR) is 282 cm³/mol. The van der Waals surface area contributed by atoms with Gasteiger partial charge in [-0.25, -0.2) is 4.57 Å². The average molecular weight is 1150 g/mol. The number of amides is 1. The third kappa shape index (κ3) is 12.4. The van der Waals surface area contributed by atoms with Crippen LogP contribution in [0.4, 0.5) is 0 Å². The monoisotopic (exact) mass is 1150 g/mol. The second kappa shape index (κ2) is 23.6. The van der Waals surface area contributed by atoms with Gasteiger partial charge in [0.15, 0.2) is 6.29 Å². The molecule has 80 heavy (non-hydrogen) atoms. The van der Waals surface area contributed by atoms with Crippen molar-refractivity contribution in [3.05, 3.63) is 34.3 Å². The van der Waals surface area contributed by atoms with Crippen molar-refractivity contribution >= 4 is 66.7 Å². The molecule has 8 bridgehead atoms. The largest absolute Gasteiger partial charge is 0.481 e. The van der Waals surface area contributed by atoms with Crippen molar-refractivity contribution in [1.29, 1.82) is 0 Å². The number of phosphoric ester groups is 1. The fraction of sp³-hybridized carbons (Fsp3) is 0.698. The first-order valence-corrected chi connectivity index (χ1v) is 28.1. The van der Waals surface area contributed by atoms with Gasteiger partial charge in [0.2, 0.25) is 5.91 Å². The summed E-state index contributed by atoms with van der Waals surface area (Å²) >= 11 is 0. The summed E-state index contributed by atoms with van der Waals surface area (Å²) in [5, 5.41) is 98.4. The summed E-state index contributed by atoms with van der Waals surface area (Å²) < 4.78 is 28.2. The van der Waals surface area contributed by atoms with Gasteiger partial charge in [0.1, 0.15) is 18.3 Å². The second-order valence-electron chi connectivity index (χ2n) is 23.6. The van der Waals surface area contributed by atoms with E-state index in [0.29, 0.717) is 33.9 Å². The van der Waals surface area contributed by atoms with Gasteiger partial charge in [-0.05, 0) is 70.6 Å². The number of aliphatic imine (C=N–C) groups is 3. The van der Waals surface area contributed by atoms with Gasteiger partial charge in [0.05, 0.1) is 43.6 Å². The van der Waals surface area contributed by atoms with E-state index in [1.165, 1.54) is 6.92 Å². The van der Waals surface area contributed by atoms with E-state index in [9.17, 15) is 89.0 Å². The van der Waals surface area contributed by atoms with Crippen LogP contribution in [0.3, 0.4) is 0 Å². The Morgan fingerprint density at radius 3 is 1.91 bits per heavy atom.